The van der Waals surface area contributed by atoms with Gasteiger partial charge in [-0.2, -0.15) is 0 Å². The molecule has 0 spiro atoms. The molecule has 5 aliphatic rings. The molecule has 16 heteroatoms. The molecule has 140 heavy (non-hydrogen) atoms. The lowest BCUT2D eigenvalue weighted by molar-refractivity contribution is 0.591. The Kier molecular flexibility index (Phi) is 22.6. The van der Waals surface area contributed by atoms with E-state index < -0.39 is 21.4 Å². The Hall–Kier alpha value is -15.5. The summed E-state index contributed by atoms with van der Waals surface area (Å²) in [6, 6.07) is 148. The van der Waals surface area contributed by atoms with Crippen molar-refractivity contribution < 1.29 is 13.7 Å². The van der Waals surface area contributed by atoms with Gasteiger partial charge in [0.25, 0.3) is 0 Å². The van der Waals surface area contributed by atoms with Gasteiger partial charge in [-0.1, -0.05) is 385 Å². The lowest BCUT2D eigenvalue weighted by Crippen LogP contribution is -2.34. The van der Waals surface area contributed by atoms with Crippen molar-refractivity contribution in [2.75, 3.05) is 24.5 Å². The van der Waals surface area contributed by atoms with E-state index >= 15 is 9.13 Å². The van der Waals surface area contributed by atoms with Crippen molar-refractivity contribution in [2.24, 2.45) is 0 Å². The first-order valence-electron chi connectivity index (χ1n) is 47.8. The predicted molar refractivity (Wildman–Crippen MR) is 581 cm³/mol. The van der Waals surface area contributed by atoms with E-state index in [9.17, 15) is 4.57 Å². The Balaban J connectivity index is 0.000000123. The van der Waals surface area contributed by atoms with Crippen molar-refractivity contribution in [3.8, 4) is 0 Å². The maximum Gasteiger partial charge on any atom is 0.206 e. The molecule has 19 aromatic rings. The molecule has 13 nitrogen and oxygen atoms in total. The minimum absolute atomic E-state index is 0.118. The molecule has 5 aromatic heterocycles. The van der Waals surface area contributed by atoms with Crippen LogP contribution in [0.15, 0.2) is 455 Å². The third-order valence-electron chi connectivity index (χ3n) is 29.2. The van der Waals surface area contributed by atoms with Crippen molar-refractivity contribution in [3.63, 3.8) is 0 Å². The van der Waals surface area contributed by atoms with Crippen LogP contribution in [0.5, 0.6) is 0 Å². The van der Waals surface area contributed by atoms with Gasteiger partial charge in [-0.15, -0.1) is 0 Å². The summed E-state index contributed by atoms with van der Waals surface area (Å²) in [5, 5.41) is 4.43. The van der Waals surface area contributed by atoms with E-state index in [-0.39, 0.29) is 27.1 Å². The summed E-state index contributed by atoms with van der Waals surface area (Å²) in [7, 11) is -10.2. The molecule has 24 rings (SSSR count). The topological polar surface area (TPSA) is 132 Å². The first kappa shape index (κ1) is 89.7. The fourth-order valence-corrected chi connectivity index (χ4v) is 29.6. The number of pyridine rings is 5. The van der Waals surface area contributed by atoms with Crippen LogP contribution in [-0.2, 0) is 40.8 Å². The normalized spacial score (nSPS) is 14.9. The van der Waals surface area contributed by atoms with Crippen molar-refractivity contribution in [3.05, 3.63) is 511 Å². The quantitative estimate of drug-likeness (QED) is 0.0958. The zero-order chi connectivity index (χ0) is 96.1. The van der Waals surface area contributed by atoms with Crippen LogP contribution in [0, 0.1) is 0 Å². The summed E-state index contributed by atoms with van der Waals surface area (Å²) in [6.07, 6.45) is 5.46. The summed E-state index contributed by atoms with van der Waals surface area (Å²) in [5.74, 6) is 2.86. The van der Waals surface area contributed by atoms with Crippen LogP contribution in [0.25, 0.3) is 0 Å². The van der Waals surface area contributed by atoms with Crippen LogP contribution in [0.2, 0.25) is 0 Å². The van der Waals surface area contributed by atoms with Crippen LogP contribution in [0.4, 0.5) is 85.8 Å². The number of benzene rings is 14. The van der Waals surface area contributed by atoms with Crippen LogP contribution < -0.4 is 72.6 Å². The first-order chi connectivity index (χ1) is 67.9. The number of nitrogens with zero attached hydrogens (tertiary/aromatic N) is 10. The second-order valence-corrected chi connectivity index (χ2v) is 47.1. The van der Waals surface area contributed by atoms with E-state index in [0.717, 1.165) is 90.1 Å². The van der Waals surface area contributed by atoms with Gasteiger partial charge in [0, 0.05) is 71.3 Å². The van der Waals surface area contributed by atoms with E-state index in [1.165, 1.54) is 55.6 Å². The monoisotopic (exact) mass is 1870 g/mol. The van der Waals surface area contributed by atoms with Crippen LogP contribution in [0.3, 0.4) is 0 Å². The average Bonchev–Trinajstić information content (AvgIpc) is 0.728. The molecule has 0 aliphatic carbocycles. The number of anilines is 15. The van der Waals surface area contributed by atoms with Gasteiger partial charge in [0.1, 0.15) is 39.6 Å². The molecule has 684 valence electrons. The molecule has 5 aliphatic heterocycles. The van der Waals surface area contributed by atoms with Crippen LogP contribution in [-0.4, -0.2) is 24.9 Å². The lowest BCUT2D eigenvalue weighted by Gasteiger charge is -2.41. The van der Waals surface area contributed by atoms with Crippen LogP contribution in [0.1, 0.15) is 125 Å². The highest BCUT2D eigenvalue weighted by molar-refractivity contribution is 7.86. The van der Waals surface area contributed by atoms with E-state index in [2.05, 4.69) is 336 Å². The number of hydrogen-bond acceptors (Lipinski definition) is 13. The molecule has 0 radical (unpaired) electrons. The van der Waals surface area contributed by atoms with Gasteiger partial charge in [0.15, 0.2) is 14.3 Å². The Labute approximate surface area is 820 Å². The number of fused-ring (bicyclic) bond motifs is 10. The van der Waals surface area contributed by atoms with Gasteiger partial charge in [-0.3, -0.25) is 24.6 Å². The fourth-order valence-electron chi connectivity index (χ4n) is 22.0. The minimum Gasteiger partial charge on any atom is -0.309 e. The maximum atomic E-state index is 16.2. The summed E-state index contributed by atoms with van der Waals surface area (Å²) in [5.41, 5.74) is 24.7. The molecule has 0 saturated heterocycles. The highest BCUT2D eigenvalue weighted by atomic mass is 31.2. The summed E-state index contributed by atoms with van der Waals surface area (Å²) in [6.45, 7) is 22.7. The Morgan fingerprint density at radius 2 is 0.414 bits per heavy atom. The van der Waals surface area contributed by atoms with Gasteiger partial charge in [0.2, 0.25) is 7.14 Å². The minimum atomic E-state index is -3.60. The zero-order valence-corrected chi connectivity index (χ0v) is 82.5. The third kappa shape index (κ3) is 14.7. The molecule has 0 bridgehead atoms. The fraction of sp³-hybridized carbons (Fsp3) is 0.121. The number of aromatic nitrogens is 5. The first-order valence-corrected chi connectivity index (χ1v) is 52.9. The number of para-hydroxylation sites is 10. The van der Waals surface area contributed by atoms with Crippen molar-refractivity contribution in [2.45, 2.75) is 96.3 Å². The molecule has 0 amide bonds. The molecule has 0 N–H and O–H groups in total. The summed E-state index contributed by atoms with van der Waals surface area (Å²) < 4.78 is 47.0. The largest absolute Gasteiger partial charge is 0.309 e. The summed E-state index contributed by atoms with van der Waals surface area (Å²) >= 11 is 0. The molecular weight excluding hydrogens is 1770 g/mol. The Bertz CT molecular complexity index is 7200. The van der Waals surface area contributed by atoms with Crippen molar-refractivity contribution in [1.29, 1.82) is 0 Å². The van der Waals surface area contributed by atoms with Gasteiger partial charge in [0.05, 0.1) is 68.8 Å². The highest BCUT2D eigenvalue weighted by Crippen LogP contribution is 2.59. The van der Waals surface area contributed by atoms with Crippen LogP contribution >= 0.6 is 21.4 Å². The second-order valence-electron chi connectivity index (χ2n) is 39.0. The third-order valence-corrected chi connectivity index (χ3v) is 38.0. The van der Waals surface area contributed by atoms with Crippen molar-refractivity contribution in [1.82, 2.24) is 24.9 Å². The molecule has 0 unspecified atom stereocenters. The van der Waals surface area contributed by atoms with Gasteiger partial charge in [-0.25, -0.2) is 19.9 Å². The second kappa shape index (κ2) is 35.2. The van der Waals surface area contributed by atoms with Gasteiger partial charge >= 0.3 is 0 Å². The standard InChI is InChI=1S/2C46H39N4OP.C32H27N2OP/c1-45(2)33-20-8-12-24-37(33)49(38-25-13-9-21-34(38)45)41-28-16-30-43(47-41)52(51,32-18-6-5-7-19-32)44-31-17-29-42(48-44)50-39-26-14-10-22-35(39)46(3,4)36-23-11-15-27-40(36)50;1-45(2)35-18-8-12-22-39(35)49(40-23-13-9-19-36(40)45)43-30-33(26-28-47-43)52(51,32-16-6-5-7-17-32)34-27-29-48-44(31-34)50-41-24-14-10-20-37(41)46(3,4)38-21-11-15-25-42(38)50;1-32(2)27-17-9-11-19-29(27)34(30-20-12-10-18-28(30)32)24-21-22-31(33-23-24)36(35,25-13-5-3-6-14-25)26-15-7-4-8-16-26/h2*5-31H,1-4H3;3-23H,1-2H3. The van der Waals surface area contributed by atoms with E-state index in [1.54, 1.807) is 12.4 Å². The number of hydrogen-bond donors (Lipinski definition) is 0. The molecule has 0 saturated carbocycles. The smallest absolute Gasteiger partial charge is 0.206 e. The average molecular weight is 1880 g/mol. The SMILES string of the molecule is CC1(C)c2ccccc2N(c2cc(P(=O)(c3ccccc3)c3ccnc(N4c5ccccc5C(C)(C)c5ccccc54)c3)ccn2)c2ccccc21.CC1(C)c2ccccc2N(c2ccc(P(=O)(c3ccccc3)c3ccccc3)nc2)c2ccccc21.CC1(C)c2ccccc2N(c2cccc(P(=O)(c3ccccc3)c3cccc(N4c5ccccc5C(C)(C)c5ccccc54)n3)n2)c2ccccc21. The number of rotatable bonds is 14. The maximum absolute atomic E-state index is 16.2. The van der Waals surface area contributed by atoms with E-state index in [0.29, 0.717) is 43.9 Å². The van der Waals surface area contributed by atoms with Gasteiger partial charge < -0.3 is 18.6 Å². The molecule has 10 heterocycles. The molecule has 0 fully saturated rings. The lowest BCUT2D eigenvalue weighted by atomic mass is 9.73. The predicted octanol–water partition coefficient (Wildman–Crippen LogP) is 27.5. The Morgan fingerprint density at radius 3 is 0.671 bits per heavy atom. The molecule has 14 aromatic carbocycles. The summed E-state index contributed by atoms with van der Waals surface area (Å²) in [4.78, 5) is 36.5. The van der Waals surface area contributed by atoms with E-state index in [1.807, 2.05) is 200 Å². The van der Waals surface area contributed by atoms with Crippen molar-refractivity contribution >= 4 is 155 Å². The molecule has 0 atom stereocenters. The zero-order valence-electron chi connectivity index (χ0n) is 79.8. The van der Waals surface area contributed by atoms with Gasteiger partial charge in [-0.05, 0) is 177 Å². The Morgan fingerprint density at radius 1 is 0.186 bits per heavy atom. The van der Waals surface area contributed by atoms with E-state index in [4.69, 9.17) is 24.9 Å². The highest BCUT2D eigenvalue weighted by Gasteiger charge is 2.46. The molecular formula is C124H105N10O3P3.